The summed E-state index contributed by atoms with van der Waals surface area (Å²) in [5.74, 6) is 0.882. The second-order valence-corrected chi connectivity index (χ2v) is 5.92. The van der Waals surface area contributed by atoms with Crippen molar-refractivity contribution in [1.82, 2.24) is 25.8 Å². The van der Waals surface area contributed by atoms with Crippen molar-refractivity contribution < 1.29 is 4.79 Å². The molecule has 1 aliphatic heterocycles. The summed E-state index contributed by atoms with van der Waals surface area (Å²) in [6.07, 6.45) is 4.29. The number of hydrazine groups is 1. The van der Waals surface area contributed by atoms with Crippen molar-refractivity contribution in [3.05, 3.63) is 48.3 Å². The molecule has 0 spiro atoms. The van der Waals surface area contributed by atoms with Gasteiger partial charge in [0.15, 0.2) is 0 Å². The van der Waals surface area contributed by atoms with Crippen LogP contribution in [0.25, 0.3) is 22.4 Å². The zero-order chi connectivity index (χ0) is 15.8. The van der Waals surface area contributed by atoms with E-state index < -0.39 is 0 Å². The molecule has 1 aromatic carbocycles. The fourth-order valence-corrected chi connectivity index (χ4v) is 2.91. The predicted molar refractivity (Wildman–Crippen MR) is 87.1 cm³/mol. The molecular weight excluding hydrogens is 290 g/mol. The Bertz CT molecular complexity index is 858. The lowest BCUT2D eigenvalue weighted by molar-refractivity contribution is -0.128. The van der Waals surface area contributed by atoms with Gasteiger partial charge in [0.05, 0.1) is 17.1 Å². The standard InChI is InChI=1S/C17H17N5O/c1-10-8-14(21-22-17(10)23)12-2-3-13-15(9-12)20-16(19-13)11-4-6-18-7-5-11/h2-7,9-10,14,21H,8H2,1H3,(H,19,20)(H,22,23). The van der Waals surface area contributed by atoms with Crippen LogP contribution in [0.5, 0.6) is 0 Å². The van der Waals surface area contributed by atoms with Crippen molar-refractivity contribution in [2.75, 3.05) is 0 Å². The molecule has 3 heterocycles. The Morgan fingerprint density at radius 3 is 2.78 bits per heavy atom. The number of hydrogen-bond donors (Lipinski definition) is 3. The van der Waals surface area contributed by atoms with E-state index in [2.05, 4.69) is 37.9 Å². The first-order valence-electron chi connectivity index (χ1n) is 7.66. The molecule has 2 unspecified atom stereocenters. The second-order valence-electron chi connectivity index (χ2n) is 5.92. The highest BCUT2D eigenvalue weighted by Gasteiger charge is 2.25. The number of aromatic amines is 1. The first-order valence-corrected chi connectivity index (χ1v) is 7.66. The number of benzene rings is 1. The van der Waals surface area contributed by atoms with E-state index in [0.29, 0.717) is 0 Å². The molecule has 6 heteroatoms. The lowest BCUT2D eigenvalue weighted by atomic mass is 9.94. The fraction of sp³-hybridized carbons (Fsp3) is 0.235. The quantitative estimate of drug-likeness (QED) is 0.678. The van der Waals surface area contributed by atoms with E-state index >= 15 is 0 Å². The normalized spacial score (nSPS) is 21.3. The number of nitrogens with zero attached hydrogens (tertiary/aromatic N) is 2. The fourth-order valence-electron chi connectivity index (χ4n) is 2.91. The van der Waals surface area contributed by atoms with Gasteiger partial charge < -0.3 is 4.98 Å². The third-order valence-electron chi connectivity index (χ3n) is 4.27. The molecule has 0 bridgehead atoms. The highest BCUT2D eigenvalue weighted by Crippen LogP contribution is 2.27. The lowest BCUT2D eigenvalue weighted by Crippen LogP contribution is -2.48. The summed E-state index contributed by atoms with van der Waals surface area (Å²) in [5.41, 5.74) is 9.87. The molecule has 1 amide bonds. The van der Waals surface area contributed by atoms with E-state index in [-0.39, 0.29) is 17.9 Å². The molecule has 4 rings (SSSR count). The number of H-pyrrole nitrogens is 1. The molecular formula is C17H17N5O. The SMILES string of the molecule is CC1CC(c2ccc3nc(-c4ccncc4)[nH]c3c2)NNC1=O. The van der Waals surface area contributed by atoms with Crippen LogP contribution >= 0.6 is 0 Å². The predicted octanol–water partition coefficient (Wildman–Crippen LogP) is 2.33. The Kier molecular flexibility index (Phi) is 3.31. The summed E-state index contributed by atoms with van der Waals surface area (Å²) in [6.45, 7) is 1.94. The molecule has 1 aliphatic rings. The van der Waals surface area contributed by atoms with Crippen LogP contribution in [0.4, 0.5) is 0 Å². The number of nitrogens with one attached hydrogen (secondary N) is 3. The Hall–Kier alpha value is -2.73. The number of imidazole rings is 1. The third kappa shape index (κ3) is 2.57. The maximum atomic E-state index is 11.5. The van der Waals surface area contributed by atoms with Gasteiger partial charge in [-0.1, -0.05) is 13.0 Å². The van der Waals surface area contributed by atoms with Crippen LogP contribution in [-0.4, -0.2) is 20.9 Å². The summed E-state index contributed by atoms with van der Waals surface area (Å²) in [7, 11) is 0. The van der Waals surface area contributed by atoms with E-state index in [1.54, 1.807) is 12.4 Å². The van der Waals surface area contributed by atoms with Crippen LogP contribution in [0.2, 0.25) is 0 Å². The van der Waals surface area contributed by atoms with Crippen LogP contribution in [0, 0.1) is 5.92 Å². The highest BCUT2D eigenvalue weighted by molar-refractivity contribution is 5.81. The van der Waals surface area contributed by atoms with Crippen LogP contribution in [0.3, 0.4) is 0 Å². The van der Waals surface area contributed by atoms with Gasteiger partial charge in [0, 0.05) is 23.9 Å². The van der Waals surface area contributed by atoms with E-state index in [1.165, 1.54) is 0 Å². The van der Waals surface area contributed by atoms with Gasteiger partial charge in [-0.05, 0) is 36.2 Å². The number of fused-ring (bicyclic) bond motifs is 1. The summed E-state index contributed by atoms with van der Waals surface area (Å²) in [4.78, 5) is 23.6. The van der Waals surface area contributed by atoms with Crippen molar-refractivity contribution in [2.24, 2.45) is 5.92 Å². The molecule has 1 fully saturated rings. The Morgan fingerprint density at radius 1 is 1.17 bits per heavy atom. The van der Waals surface area contributed by atoms with E-state index in [0.717, 1.165) is 34.4 Å². The summed E-state index contributed by atoms with van der Waals surface area (Å²) in [5, 5.41) is 0. The highest BCUT2D eigenvalue weighted by atomic mass is 16.2. The van der Waals surface area contributed by atoms with Crippen LogP contribution in [0.15, 0.2) is 42.7 Å². The molecule has 2 aromatic heterocycles. The smallest absolute Gasteiger partial charge is 0.236 e. The van der Waals surface area contributed by atoms with Gasteiger partial charge in [-0.2, -0.15) is 0 Å². The van der Waals surface area contributed by atoms with Gasteiger partial charge in [-0.3, -0.25) is 15.2 Å². The van der Waals surface area contributed by atoms with E-state index in [4.69, 9.17) is 0 Å². The first-order chi connectivity index (χ1) is 11.2. The maximum absolute atomic E-state index is 11.5. The van der Waals surface area contributed by atoms with Gasteiger partial charge in [-0.25, -0.2) is 10.4 Å². The number of hydrogen-bond acceptors (Lipinski definition) is 4. The zero-order valence-corrected chi connectivity index (χ0v) is 12.7. The monoisotopic (exact) mass is 307 g/mol. The molecule has 3 aromatic rings. The van der Waals surface area contributed by atoms with Crippen molar-refractivity contribution in [3.8, 4) is 11.4 Å². The molecule has 3 N–H and O–H groups in total. The molecule has 2 atom stereocenters. The van der Waals surface area contributed by atoms with E-state index in [9.17, 15) is 4.79 Å². The molecule has 1 saturated heterocycles. The number of aromatic nitrogens is 3. The number of carbonyl (C=O) groups is 1. The van der Waals surface area contributed by atoms with Crippen molar-refractivity contribution >= 4 is 16.9 Å². The molecule has 6 nitrogen and oxygen atoms in total. The van der Waals surface area contributed by atoms with Gasteiger partial charge in [0.25, 0.3) is 0 Å². The van der Waals surface area contributed by atoms with Crippen LogP contribution in [-0.2, 0) is 4.79 Å². The molecule has 0 saturated carbocycles. The number of carbonyl (C=O) groups excluding carboxylic acids is 1. The Labute approximate surface area is 133 Å². The molecule has 0 aliphatic carbocycles. The Morgan fingerprint density at radius 2 is 2.00 bits per heavy atom. The van der Waals surface area contributed by atoms with Crippen molar-refractivity contribution in [1.29, 1.82) is 0 Å². The third-order valence-corrected chi connectivity index (χ3v) is 4.27. The Balaban J connectivity index is 1.67. The van der Waals surface area contributed by atoms with Gasteiger partial charge in [0.1, 0.15) is 5.82 Å². The van der Waals surface area contributed by atoms with Gasteiger partial charge >= 0.3 is 0 Å². The van der Waals surface area contributed by atoms with Crippen LogP contribution < -0.4 is 10.9 Å². The topological polar surface area (TPSA) is 82.7 Å². The van der Waals surface area contributed by atoms with Crippen molar-refractivity contribution in [2.45, 2.75) is 19.4 Å². The first kappa shape index (κ1) is 13.9. The summed E-state index contributed by atoms with van der Waals surface area (Å²) < 4.78 is 0. The number of amides is 1. The number of pyridine rings is 1. The molecule has 0 radical (unpaired) electrons. The van der Waals surface area contributed by atoms with Crippen molar-refractivity contribution in [3.63, 3.8) is 0 Å². The minimum atomic E-state index is 0.00564. The number of rotatable bonds is 2. The minimum absolute atomic E-state index is 0.00564. The minimum Gasteiger partial charge on any atom is -0.338 e. The summed E-state index contributed by atoms with van der Waals surface area (Å²) in [6, 6.07) is 10.1. The van der Waals surface area contributed by atoms with Crippen LogP contribution in [0.1, 0.15) is 24.9 Å². The molecule has 23 heavy (non-hydrogen) atoms. The molecule has 116 valence electrons. The summed E-state index contributed by atoms with van der Waals surface area (Å²) >= 11 is 0. The maximum Gasteiger partial charge on any atom is 0.236 e. The zero-order valence-electron chi connectivity index (χ0n) is 12.7. The van der Waals surface area contributed by atoms with Gasteiger partial charge in [0.2, 0.25) is 5.91 Å². The van der Waals surface area contributed by atoms with Gasteiger partial charge in [-0.15, -0.1) is 0 Å². The second kappa shape index (κ2) is 5.48. The average Bonchev–Trinajstić information content (AvgIpc) is 3.01. The largest absolute Gasteiger partial charge is 0.338 e. The van der Waals surface area contributed by atoms with E-state index in [1.807, 2.05) is 25.1 Å². The lowest BCUT2D eigenvalue weighted by Gasteiger charge is -2.28. The average molecular weight is 307 g/mol.